The maximum atomic E-state index is 14.0. The van der Waals surface area contributed by atoms with Crippen molar-refractivity contribution in [2.75, 3.05) is 38.3 Å². The molecule has 7 aliphatic rings. The number of benzene rings is 1. The number of rotatable bonds is 6. The molecule has 6 bridgehead atoms. The van der Waals surface area contributed by atoms with Crippen LogP contribution in [0.5, 0.6) is 5.75 Å². The summed E-state index contributed by atoms with van der Waals surface area (Å²) in [7, 11) is 1.54. The molecule has 6 atom stereocenters. The highest BCUT2D eigenvalue weighted by atomic mass is 32.1. The van der Waals surface area contributed by atoms with E-state index in [1.54, 1.807) is 6.07 Å². The molecular formula is C30H35F3N4O4S. The number of alkyl halides is 3. The second kappa shape index (κ2) is 9.20. The van der Waals surface area contributed by atoms with E-state index in [0.717, 1.165) is 60.9 Å². The van der Waals surface area contributed by atoms with Gasteiger partial charge < -0.3 is 25.0 Å². The molecule has 226 valence electrons. The van der Waals surface area contributed by atoms with Crippen LogP contribution >= 0.6 is 11.3 Å². The first-order valence-corrected chi connectivity index (χ1v) is 15.9. The SMILES string of the molecule is COc1ccc2nc(N3CC4COCC(C4)C3)sc2c1C(=O)N[C@@H]1[C@H]2CC[C@H](C2)[C@@H]1C(=O)NC12CC(C(F)(F)F)(C1)C2. The first-order valence-electron chi connectivity index (χ1n) is 15.1. The molecule has 2 amide bonds. The second-order valence-corrected chi connectivity index (χ2v) is 14.8. The van der Waals surface area contributed by atoms with E-state index < -0.39 is 23.0 Å². The average Bonchev–Trinajstić information content (AvgIpc) is 3.63. The molecule has 0 radical (unpaired) electrons. The van der Waals surface area contributed by atoms with E-state index in [2.05, 4.69) is 15.5 Å². The summed E-state index contributed by atoms with van der Waals surface area (Å²) in [5.74, 6) is 0.747. The predicted molar refractivity (Wildman–Crippen MR) is 150 cm³/mol. The molecule has 42 heavy (non-hydrogen) atoms. The van der Waals surface area contributed by atoms with E-state index in [1.807, 2.05) is 6.07 Å². The fraction of sp³-hybridized carbons (Fsp3) is 0.700. The quantitative estimate of drug-likeness (QED) is 0.504. The van der Waals surface area contributed by atoms with Crippen LogP contribution in [0.15, 0.2) is 12.1 Å². The van der Waals surface area contributed by atoms with Gasteiger partial charge in [-0.3, -0.25) is 9.59 Å². The van der Waals surface area contributed by atoms with Crippen LogP contribution in [0.25, 0.3) is 10.2 Å². The van der Waals surface area contributed by atoms with Crippen LogP contribution in [0.2, 0.25) is 0 Å². The van der Waals surface area contributed by atoms with Crippen molar-refractivity contribution in [1.82, 2.24) is 15.6 Å². The molecular weight excluding hydrogens is 569 g/mol. The number of nitrogens with zero attached hydrogens (tertiary/aromatic N) is 2. The Morgan fingerprint density at radius 3 is 2.50 bits per heavy atom. The lowest BCUT2D eigenvalue weighted by Gasteiger charge is -2.70. The summed E-state index contributed by atoms with van der Waals surface area (Å²) < 4.78 is 52.2. The minimum absolute atomic E-state index is 0.0362. The molecule has 2 N–H and O–H groups in total. The van der Waals surface area contributed by atoms with E-state index in [1.165, 1.54) is 24.9 Å². The van der Waals surface area contributed by atoms with Crippen molar-refractivity contribution in [2.24, 2.45) is 35.0 Å². The van der Waals surface area contributed by atoms with E-state index in [0.29, 0.717) is 23.1 Å². The Morgan fingerprint density at radius 1 is 1.10 bits per heavy atom. The Hall–Kier alpha value is -2.60. The van der Waals surface area contributed by atoms with Crippen molar-refractivity contribution in [2.45, 2.75) is 62.7 Å². The van der Waals surface area contributed by atoms with Gasteiger partial charge in [-0.2, -0.15) is 13.2 Å². The number of halogens is 3. The number of carbonyl (C=O) groups is 2. The third-order valence-electron chi connectivity index (χ3n) is 11.1. The first kappa shape index (κ1) is 27.0. The number of ether oxygens (including phenoxy) is 2. The predicted octanol–water partition coefficient (Wildman–Crippen LogP) is 4.52. The lowest BCUT2D eigenvalue weighted by Crippen LogP contribution is -2.79. The molecule has 12 heteroatoms. The summed E-state index contributed by atoms with van der Waals surface area (Å²) in [5, 5.41) is 7.08. The van der Waals surface area contributed by atoms with Crippen molar-refractivity contribution in [1.29, 1.82) is 0 Å². The molecule has 2 unspecified atom stereocenters. The van der Waals surface area contributed by atoms with Crippen LogP contribution in [0.1, 0.15) is 55.3 Å². The Labute approximate surface area is 245 Å². The van der Waals surface area contributed by atoms with Gasteiger partial charge in [-0.15, -0.1) is 0 Å². The van der Waals surface area contributed by atoms with Gasteiger partial charge in [-0.25, -0.2) is 4.98 Å². The lowest BCUT2D eigenvalue weighted by atomic mass is 9.39. The van der Waals surface area contributed by atoms with Crippen LogP contribution in [-0.4, -0.2) is 68.0 Å². The number of hydrogen-bond acceptors (Lipinski definition) is 7. The Kier molecular flexibility index (Phi) is 5.91. The monoisotopic (exact) mass is 604 g/mol. The maximum Gasteiger partial charge on any atom is 0.394 e. The summed E-state index contributed by atoms with van der Waals surface area (Å²) in [4.78, 5) is 34.8. The highest BCUT2D eigenvalue weighted by Crippen LogP contribution is 2.73. The number of carbonyl (C=O) groups excluding carboxylic acids is 2. The van der Waals surface area contributed by atoms with Crippen LogP contribution in [0, 0.1) is 35.0 Å². The molecule has 2 saturated heterocycles. The normalized spacial score (nSPS) is 38.1. The fourth-order valence-electron chi connectivity index (χ4n) is 9.27. The topological polar surface area (TPSA) is 92.8 Å². The summed E-state index contributed by atoms with van der Waals surface area (Å²) in [6.45, 7) is 3.29. The lowest BCUT2D eigenvalue weighted by molar-refractivity contribution is -0.337. The third kappa shape index (κ3) is 3.99. The second-order valence-electron chi connectivity index (χ2n) is 13.8. The molecule has 3 heterocycles. The van der Waals surface area contributed by atoms with Gasteiger partial charge in [0, 0.05) is 36.5 Å². The van der Waals surface area contributed by atoms with Gasteiger partial charge in [0.25, 0.3) is 5.91 Å². The summed E-state index contributed by atoms with van der Waals surface area (Å²) in [5.41, 5.74) is -1.20. The third-order valence-corrected chi connectivity index (χ3v) is 12.2. The number of aromatic nitrogens is 1. The molecule has 7 fully saturated rings. The van der Waals surface area contributed by atoms with Gasteiger partial charge >= 0.3 is 6.18 Å². The summed E-state index contributed by atoms with van der Waals surface area (Å²) >= 11 is 1.49. The van der Waals surface area contributed by atoms with E-state index in [-0.39, 0.29) is 49.0 Å². The average molecular weight is 605 g/mol. The minimum Gasteiger partial charge on any atom is -0.496 e. The molecule has 1 aromatic carbocycles. The summed E-state index contributed by atoms with van der Waals surface area (Å²) in [6, 6.07) is 3.28. The highest BCUT2D eigenvalue weighted by Gasteiger charge is 2.79. The number of nitrogens with one attached hydrogen (secondary N) is 2. The number of thiazole rings is 1. The largest absolute Gasteiger partial charge is 0.496 e. The fourth-order valence-corrected chi connectivity index (χ4v) is 10.4. The number of hydrogen-bond donors (Lipinski definition) is 2. The standard InChI is InChI=1S/C30H35F3N4O4S/c1-40-20-5-4-19-24(42-27(34-19)37-8-15-6-16(9-37)11-41-10-15)22(20)25(38)35-23-18-3-2-17(7-18)21(23)26(39)36-29-12-28(13-29,14-29)30(31,32)33/h4-5,15-18,21,23H,2-3,6-14H2,1H3,(H,35,38)(H,36,39)/t15?,16?,17-,18+,21+,23-,28?,29?/m1/s1. The van der Waals surface area contributed by atoms with Gasteiger partial charge in [0.15, 0.2) is 5.13 Å². The van der Waals surface area contributed by atoms with Crippen molar-refractivity contribution >= 4 is 38.5 Å². The zero-order chi connectivity index (χ0) is 29.0. The van der Waals surface area contributed by atoms with Gasteiger partial charge in [0.2, 0.25) is 5.91 Å². The number of anilines is 1. The zero-order valence-corrected chi connectivity index (χ0v) is 24.3. The van der Waals surface area contributed by atoms with Crippen molar-refractivity contribution < 1.29 is 32.2 Å². The van der Waals surface area contributed by atoms with Crippen molar-refractivity contribution in [3.8, 4) is 5.75 Å². The molecule has 2 aliphatic heterocycles. The van der Waals surface area contributed by atoms with Gasteiger partial charge in [0.05, 0.1) is 41.9 Å². The molecule has 0 spiro atoms. The molecule has 5 saturated carbocycles. The Bertz CT molecular complexity index is 1430. The van der Waals surface area contributed by atoms with Crippen LogP contribution in [0.4, 0.5) is 18.3 Å². The van der Waals surface area contributed by atoms with Crippen LogP contribution in [0.3, 0.4) is 0 Å². The molecule has 5 aliphatic carbocycles. The van der Waals surface area contributed by atoms with Crippen LogP contribution < -0.4 is 20.3 Å². The van der Waals surface area contributed by atoms with E-state index in [9.17, 15) is 22.8 Å². The Morgan fingerprint density at radius 2 is 1.81 bits per heavy atom. The zero-order valence-electron chi connectivity index (χ0n) is 23.5. The van der Waals surface area contributed by atoms with Gasteiger partial charge in [-0.1, -0.05) is 11.3 Å². The first-order chi connectivity index (χ1) is 20.1. The summed E-state index contributed by atoms with van der Waals surface area (Å²) in [6.07, 6.45) is -0.493. The van der Waals surface area contributed by atoms with E-state index >= 15 is 0 Å². The molecule has 2 aromatic rings. The van der Waals surface area contributed by atoms with Crippen molar-refractivity contribution in [3.63, 3.8) is 0 Å². The Balaban J connectivity index is 1.03. The number of fused-ring (bicyclic) bond motifs is 5. The van der Waals surface area contributed by atoms with E-state index in [4.69, 9.17) is 14.5 Å². The highest BCUT2D eigenvalue weighted by molar-refractivity contribution is 7.22. The molecule has 8 nitrogen and oxygen atoms in total. The molecule has 1 aromatic heterocycles. The molecule has 9 rings (SSSR count). The van der Waals surface area contributed by atoms with Gasteiger partial charge in [0.1, 0.15) is 11.3 Å². The number of amides is 2. The smallest absolute Gasteiger partial charge is 0.394 e. The van der Waals surface area contributed by atoms with Crippen molar-refractivity contribution in [3.05, 3.63) is 17.7 Å². The number of piperidine rings is 1. The van der Waals surface area contributed by atoms with Gasteiger partial charge in [-0.05, 0) is 68.9 Å². The minimum atomic E-state index is -4.22. The van der Waals surface area contributed by atoms with Crippen LogP contribution in [-0.2, 0) is 9.53 Å². The maximum absolute atomic E-state index is 14.0. The number of methoxy groups -OCH3 is 1.